The van der Waals surface area contributed by atoms with E-state index in [0.29, 0.717) is 12.3 Å². The van der Waals surface area contributed by atoms with E-state index in [2.05, 4.69) is 10.6 Å². The van der Waals surface area contributed by atoms with Gasteiger partial charge in [-0.05, 0) is 44.7 Å². The van der Waals surface area contributed by atoms with Crippen molar-refractivity contribution in [1.29, 1.82) is 0 Å². The van der Waals surface area contributed by atoms with Crippen LogP contribution in [0.5, 0.6) is 0 Å². The van der Waals surface area contributed by atoms with Crippen molar-refractivity contribution in [2.24, 2.45) is 17.6 Å². The Morgan fingerprint density at radius 1 is 1.18 bits per heavy atom. The molecule has 0 unspecified atom stereocenters. The molecule has 0 bridgehead atoms. The summed E-state index contributed by atoms with van der Waals surface area (Å²) in [5.74, 6) is 0.477. The summed E-state index contributed by atoms with van der Waals surface area (Å²) in [6, 6.07) is 0.242. The highest BCUT2D eigenvalue weighted by atomic mass is 16.2. The number of carbonyl (C=O) groups excluding carboxylic acids is 2. The molecule has 2 rings (SSSR count). The molecule has 1 aliphatic carbocycles. The highest BCUT2D eigenvalue weighted by Gasteiger charge is 2.26. The maximum atomic E-state index is 11.7. The van der Waals surface area contributed by atoms with Crippen LogP contribution in [-0.4, -0.2) is 30.9 Å². The molecule has 2 amide bonds. The Balaban J connectivity index is 1.66. The third-order valence-corrected chi connectivity index (χ3v) is 3.83. The van der Waals surface area contributed by atoms with Crippen LogP contribution < -0.4 is 16.4 Å². The Hall–Kier alpha value is -1.10. The van der Waals surface area contributed by atoms with E-state index in [0.717, 1.165) is 38.8 Å². The number of hydrogen-bond donors (Lipinski definition) is 3. The number of rotatable bonds is 4. The van der Waals surface area contributed by atoms with Gasteiger partial charge >= 0.3 is 0 Å². The lowest BCUT2D eigenvalue weighted by molar-refractivity contribution is -0.123. The Bertz CT molecular complexity index is 294. The van der Waals surface area contributed by atoms with Crippen LogP contribution in [0, 0.1) is 11.8 Å². The maximum Gasteiger partial charge on any atom is 0.220 e. The monoisotopic (exact) mass is 239 g/mol. The second kappa shape index (κ2) is 5.49. The molecule has 0 spiro atoms. The molecule has 2 fully saturated rings. The SMILES string of the molecule is NC(=O)C1CCC(NC(=O)CC2CNC2)CC1. The van der Waals surface area contributed by atoms with E-state index in [-0.39, 0.29) is 23.8 Å². The molecule has 5 heteroatoms. The first-order valence-corrected chi connectivity index (χ1v) is 6.44. The van der Waals surface area contributed by atoms with Crippen LogP contribution in [0.2, 0.25) is 0 Å². The number of primary amides is 1. The van der Waals surface area contributed by atoms with Crippen molar-refractivity contribution in [3.8, 4) is 0 Å². The maximum absolute atomic E-state index is 11.7. The summed E-state index contributed by atoms with van der Waals surface area (Å²) < 4.78 is 0. The molecule has 0 radical (unpaired) electrons. The second-order valence-corrected chi connectivity index (χ2v) is 5.25. The number of nitrogens with two attached hydrogens (primary N) is 1. The minimum atomic E-state index is -0.199. The van der Waals surface area contributed by atoms with Gasteiger partial charge in [0.1, 0.15) is 0 Å². The van der Waals surface area contributed by atoms with Crippen molar-refractivity contribution in [2.75, 3.05) is 13.1 Å². The Kier molecular flexibility index (Phi) is 3.99. The quantitative estimate of drug-likeness (QED) is 0.633. The van der Waals surface area contributed by atoms with Crippen LogP contribution in [0.15, 0.2) is 0 Å². The molecule has 2 aliphatic rings. The molecule has 0 aromatic rings. The van der Waals surface area contributed by atoms with Crippen molar-refractivity contribution < 1.29 is 9.59 Å². The van der Waals surface area contributed by atoms with Crippen LogP contribution in [0.25, 0.3) is 0 Å². The number of nitrogens with one attached hydrogen (secondary N) is 2. The summed E-state index contributed by atoms with van der Waals surface area (Å²) in [6.45, 7) is 1.92. The van der Waals surface area contributed by atoms with Gasteiger partial charge in [0.05, 0.1) is 0 Å². The van der Waals surface area contributed by atoms with Gasteiger partial charge in [-0.15, -0.1) is 0 Å². The highest BCUT2D eigenvalue weighted by molar-refractivity contribution is 5.77. The molecule has 0 aromatic carbocycles. The number of carbonyl (C=O) groups is 2. The normalized spacial score (nSPS) is 29.4. The van der Waals surface area contributed by atoms with E-state index >= 15 is 0 Å². The standard InChI is InChI=1S/C12H21N3O2/c13-12(17)9-1-3-10(4-2-9)15-11(16)5-8-6-14-7-8/h8-10,14H,1-7H2,(H2,13,17)(H,15,16). The predicted octanol–water partition coefficient (Wildman–Crippen LogP) is -0.244. The second-order valence-electron chi connectivity index (χ2n) is 5.25. The average molecular weight is 239 g/mol. The summed E-state index contributed by atoms with van der Waals surface area (Å²) in [6.07, 6.45) is 4.00. The molecule has 5 nitrogen and oxygen atoms in total. The van der Waals surface area contributed by atoms with E-state index in [1.807, 2.05) is 0 Å². The van der Waals surface area contributed by atoms with E-state index in [1.54, 1.807) is 0 Å². The lowest BCUT2D eigenvalue weighted by atomic mass is 9.85. The number of hydrogen-bond acceptors (Lipinski definition) is 3. The van der Waals surface area contributed by atoms with Crippen LogP contribution in [0.1, 0.15) is 32.1 Å². The van der Waals surface area contributed by atoms with Gasteiger partial charge in [-0.25, -0.2) is 0 Å². The van der Waals surface area contributed by atoms with Gasteiger partial charge < -0.3 is 16.4 Å². The smallest absolute Gasteiger partial charge is 0.220 e. The zero-order valence-corrected chi connectivity index (χ0v) is 10.1. The first-order valence-electron chi connectivity index (χ1n) is 6.44. The van der Waals surface area contributed by atoms with E-state index in [9.17, 15) is 9.59 Å². The Morgan fingerprint density at radius 2 is 1.82 bits per heavy atom. The fourth-order valence-corrected chi connectivity index (χ4v) is 2.56. The highest BCUT2D eigenvalue weighted by Crippen LogP contribution is 2.24. The van der Waals surface area contributed by atoms with E-state index in [4.69, 9.17) is 5.73 Å². The summed E-state index contributed by atoms with van der Waals surface area (Å²) >= 11 is 0. The van der Waals surface area contributed by atoms with Crippen molar-refractivity contribution >= 4 is 11.8 Å². The lowest BCUT2D eigenvalue weighted by Gasteiger charge is -2.30. The van der Waals surface area contributed by atoms with Gasteiger partial charge in [-0.1, -0.05) is 0 Å². The molecule has 0 aromatic heterocycles. The molecular formula is C12H21N3O2. The van der Waals surface area contributed by atoms with Gasteiger partial charge in [0.15, 0.2) is 0 Å². The summed E-state index contributed by atoms with van der Waals surface area (Å²) in [4.78, 5) is 22.7. The lowest BCUT2D eigenvalue weighted by Crippen LogP contribution is -2.46. The third-order valence-electron chi connectivity index (χ3n) is 3.83. The van der Waals surface area contributed by atoms with E-state index < -0.39 is 0 Å². The Labute approximate surface area is 102 Å². The van der Waals surface area contributed by atoms with Gasteiger partial charge in [-0.3, -0.25) is 9.59 Å². The largest absolute Gasteiger partial charge is 0.369 e. The van der Waals surface area contributed by atoms with Gasteiger partial charge in [0.2, 0.25) is 11.8 Å². The van der Waals surface area contributed by atoms with Crippen LogP contribution >= 0.6 is 0 Å². The topological polar surface area (TPSA) is 84.2 Å². The first kappa shape index (κ1) is 12.4. The molecule has 4 N–H and O–H groups in total. The van der Waals surface area contributed by atoms with Crippen molar-refractivity contribution in [1.82, 2.24) is 10.6 Å². The number of amides is 2. The van der Waals surface area contributed by atoms with Gasteiger partial charge in [0, 0.05) is 18.4 Å². The summed E-state index contributed by atoms with van der Waals surface area (Å²) in [5, 5.41) is 6.22. The molecule has 1 saturated carbocycles. The van der Waals surface area contributed by atoms with Gasteiger partial charge in [-0.2, -0.15) is 0 Å². The van der Waals surface area contributed by atoms with Crippen molar-refractivity contribution in [3.63, 3.8) is 0 Å². The zero-order chi connectivity index (χ0) is 12.3. The predicted molar refractivity (Wildman–Crippen MR) is 64.1 cm³/mol. The minimum absolute atomic E-state index is 0.0129. The molecule has 0 atom stereocenters. The Morgan fingerprint density at radius 3 is 2.29 bits per heavy atom. The zero-order valence-electron chi connectivity index (χ0n) is 10.1. The van der Waals surface area contributed by atoms with E-state index in [1.165, 1.54) is 0 Å². The fourth-order valence-electron chi connectivity index (χ4n) is 2.56. The molecule has 1 saturated heterocycles. The molecule has 96 valence electrons. The third kappa shape index (κ3) is 3.43. The summed E-state index contributed by atoms with van der Waals surface area (Å²) in [7, 11) is 0. The van der Waals surface area contributed by atoms with Crippen molar-refractivity contribution in [2.45, 2.75) is 38.1 Å². The van der Waals surface area contributed by atoms with Crippen LogP contribution in [-0.2, 0) is 9.59 Å². The molecule has 1 aliphatic heterocycles. The fraction of sp³-hybridized carbons (Fsp3) is 0.833. The van der Waals surface area contributed by atoms with Gasteiger partial charge in [0.25, 0.3) is 0 Å². The molecular weight excluding hydrogens is 218 g/mol. The van der Waals surface area contributed by atoms with Crippen LogP contribution in [0.4, 0.5) is 0 Å². The molecule has 17 heavy (non-hydrogen) atoms. The summed E-state index contributed by atoms with van der Waals surface area (Å²) in [5.41, 5.74) is 5.27. The minimum Gasteiger partial charge on any atom is -0.369 e. The van der Waals surface area contributed by atoms with Crippen LogP contribution in [0.3, 0.4) is 0 Å². The first-order chi connectivity index (χ1) is 8.15. The average Bonchev–Trinajstić information content (AvgIpc) is 2.24. The molecule has 1 heterocycles. The van der Waals surface area contributed by atoms with Crippen molar-refractivity contribution in [3.05, 3.63) is 0 Å².